The Hall–Kier alpha value is -3.34. The van der Waals surface area contributed by atoms with Crippen LogP contribution in [0.3, 0.4) is 0 Å². The number of benzene rings is 3. The van der Waals surface area contributed by atoms with E-state index in [1.54, 1.807) is 0 Å². The van der Waals surface area contributed by atoms with E-state index in [4.69, 9.17) is 0 Å². The van der Waals surface area contributed by atoms with Crippen molar-refractivity contribution in [2.75, 3.05) is 32.1 Å². The van der Waals surface area contributed by atoms with Gasteiger partial charge >= 0.3 is 0 Å². The Bertz CT molecular complexity index is 1010. The molecule has 0 spiro atoms. The summed E-state index contributed by atoms with van der Waals surface area (Å²) in [7, 11) is 4.01. The summed E-state index contributed by atoms with van der Waals surface area (Å²) in [4.78, 5) is 28.9. The SMILES string of the molecule is CCN(Cc1ccc(N(C)C)cc1)C(=O)CCNC(=O)c1ccc2ccccc2c1. The highest BCUT2D eigenvalue weighted by atomic mass is 16.2. The van der Waals surface area contributed by atoms with Crippen molar-refractivity contribution in [1.82, 2.24) is 10.2 Å². The predicted molar refractivity (Wildman–Crippen MR) is 123 cm³/mol. The van der Waals surface area contributed by atoms with Crippen molar-refractivity contribution >= 4 is 28.3 Å². The van der Waals surface area contributed by atoms with Crippen LogP contribution in [-0.4, -0.2) is 43.9 Å². The molecule has 1 N–H and O–H groups in total. The highest BCUT2D eigenvalue weighted by Gasteiger charge is 2.13. The summed E-state index contributed by atoms with van der Waals surface area (Å²) < 4.78 is 0. The molecule has 0 unspecified atom stereocenters. The van der Waals surface area contributed by atoms with Crippen LogP contribution < -0.4 is 10.2 Å². The maximum Gasteiger partial charge on any atom is 0.251 e. The van der Waals surface area contributed by atoms with E-state index in [1.165, 1.54) is 0 Å². The molecule has 0 aliphatic carbocycles. The lowest BCUT2D eigenvalue weighted by molar-refractivity contribution is -0.131. The van der Waals surface area contributed by atoms with Crippen LogP contribution in [0.4, 0.5) is 5.69 Å². The molecule has 0 bridgehead atoms. The zero-order valence-electron chi connectivity index (χ0n) is 17.9. The first kappa shape index (κ1) is 21.4. The van der Waals surface area contributed by atoms with Gasteiger partial charge in [0.15, 0.2) is 0 Å². The molecule has 0 aliphatic rings. The quantitative estimate of drug-likeness (QED) is 0.617. The van der Waals surface area contributed by atoms with Crippen molar-refractivity contribution in [2.45, 2.75) is 19.9 Å². The maximum absolute atomic E-state index is 12.6. The number of rotatable bonds is 8. The first-order valence-corrected chi connectivity index (χ1v) is 10.3. The van der Waals surface area contributed by atoms with E-state index in [9.17, 15) is 9.59 Å². The van der Waals surface area contributed by atoms with E-state index in [0.29, 0.717) is 25.2 Å². The molecule has 0 aliphatic heterocycles. The van der Waals surface area contributed by atoms with Crippen molar-refractivity contribution in [3.05, 3.63) is 77.9 Å². The lowest BCUT2D eigenvalue weighted by atomic mass is 10.1. The minimum atomic E-state index is -0.157. The van der Waals surface area contributed by atoms with Crippen molar-refractivity contribution < 1.29 is 9.59 Å². The molecule has 156 valence electrons. The average molecular weight is 404 g/mol. The molecular formula is C25H29N3O2. The number of carbonyl (C=O) groups is 2. The van der Waals surface area contributed by atoms with Gasteiger partial charge in [-0.2, -0.15) is 0 Å². The van der Waals surface area contributed by atoms with Gasteiger partial charge in [0.2, 0.25) is 5.91 Å². The molecule has 0 atom stereocenters. The topological polar surface area (TPSA) is 52.6 Å². The van der Waals surface area contributed by atoms with Crippen molar-refractivity contribution in [1.29, 1.82) is 0 Å². The van der Waals surface area contributed by atoms with Crippen LogP contribution in [0.2, 0.25) is 0 Å². The minimum Gasteiger partial charge on any atom is -0.378 e. The standard InChI is InChI=1S/C25H29N3O2/c1-4-28(18-19-9-13-23(14-10-19)27(2)3)24(29)15-16-26-25(30)22-12-11-20-7-5-6-8-21(20)17-22/h5-14,17H,4,15-16,18H2,1-3H3,(H,26,30). The van der Waals surface area contributed by atoms with Crippen LogP contribution in [-0.2, 0) is 11.3 Å². The fourth-order valence-corrected chi connectivity index (χ4v) is 3.37. The van der Waals surface area contributed by atoms with E-state index in [1.807, 2.05) is 85.4 Å². The summed E-state index contributed by atoms with van der Waals surface area (Å²) in [5, 5.41) is 4.99. The van der Waals surface area contributed by atoms with Crippen LogP contribution in [0.1, 0.15) is 29.3 Å². The third-order valence-electron chi connectivity index (χ3n) is 5.20. The van der Waals surface area contributed by atoms with Crippen LogP contribution in [0, 0.1) is 0 Å². The van der Waals surface area contributed by atoms with Gasteiger partial charge in [0, 0.05) is 51.4 Å². The molecule has 0 aromatic heterocycles. The Kier molecular flexibility index (Phi) is 7.07. The Balaban J connectivity index is 1.52. The third-order valence-corrected chi connectivity index (χ3v) is 5.20. The first-order chi connectivity index (χ1) is 14.5. The zero-order valence-corrected chi connectivity index (χ0v) is 17.9. The van der Waals surface area contributed by atoms with Gasteiger partial charge in [-0.1, -0.05) is 42.5 Å². The van der Waals surface area contributed by atoms with Crippen LogP contribution in [0.15, 0.2) is 66.7 Å². The summed E-state index contributed by atoms with van der Waals surface area (Å²) in [5.41, 5.74) is 2.83. The minimum absolute atomic E-state index is 0.0352. The second-order valence-corrected chi connectivity index (χ2v) is 7.54. The molecule has 0 fully saturated rings. The van der Waals surface area contributed by atoms with E-state index in [-0.39, 0.29) is 18.2 Å². The lowest BCUT2D eigenvalue weighted by Gasteiger charge is -2.22. The smallest absolute Gasteiger partial charge is 0.251 e. The molecule has 0 saturated carbocycles. The monoisotopic (exact) mass is 403 g/mol. The Morgan fingerprint density at radius 1 is 0.900 bits per heavy atom. The van der Waals surface area contributed by atoms with Gasteiger partial charge in [0.05, 0.1) is 0 Å². The largest absolute Gasteiger partial charge is 0.378 e. The highest BCUT2D eigenvalue weighted by Crippen LogP contribution is 2.16. The molecule has 0 radical (unpaired) electrons. The molecule has 0 saturated heterocycles. The van der Waals surface area contributed by atoms with Gasteiger partial charge in [-0.3, -0.25) is 9.59 Å². The molecule has 3 rings (SSSR count). The summed E-state index contributed by atoms with van der Waals surface area (Å²) in [5.74, 6) is -0.121. The highest BCUT2D eigenvalue weighted by molar-refractivity contribution is 5.98. The summed E-state index contributed by atoms with van der Waals surface area (Å²) >= 11 is 0. The molecule has 0 heterocycles. The number of carbonyl (C=O) groups excluding carboxylic acids is 2. The van der Waals surface area contributed by atoms with Crippen molar-refractivity contribution in [3.8, 4) is 0 Å². The summed E-state index contributed by atoms with van der Waals surface area (Å²) in [6.07, 6.45) is 0.281. The van der Waals surface area contributed by atoms with E-state index in [0.717, 1.165) is 22.0 Å². The second kappa shape index (κ2) is 9.92. The average Bonchev–Trinajstić information content (AvgIpc) is 2.77. The number of hydrogen-bond donors (Lipinski definition) is 1. The number of fused-ring (bicyclic) bond motifs is 1. The van der Waals surface area contributed by atoms with Gasteiger partial charge in [-0.25, -0.2) is 0 Å². The first-order valence-electron chi connectivity index (χ1n) is 10.3. The summed E-state index contributed by atoms with van der Waals surface area (Å²) in [6, 6.07) is 21.8. The van der Waals surface area contributed by atoms with E-state index >= 15 is 0 Å². The van der Waals surface area contributed by atoms with Gasteiger partial charge in [-0.15, -0.1) is 0 Å². The third kappa shape index (κ3) is 5.38. The van der Waals surface area contributed by atoms with Gasteiger partial charge in [0.1, 0.15) is 0 Å². The molecular weight excluding hydrogens is 374 g/mol. The molecule has 3 aromatic carbocycles. The van der Waals surface area contributed by atoms with Crippen molar-refractivity contribution in [2.24, 2.45) is 0 Å². The van der Waals surface area contributed by atoms with Gasteiger partial charge in [0.25, 0.3) is 5.91 Å². The predicted octanol–water partition coefficient (Wildman–Crippen LogP) is 4.07. The molecule has 30 heavy (non-hydrogen) atoms. The van der Waals surface area contributed by atoms with E-state index < -0.39 is 0 Å². The lowest BCUT2D eigenvalue weighted by Crippen LogP contribution is -2.34. The molecule has 5 nitrogen and oxygen atoms in total. The molecule has 3 aromatic rings. The molecule has 5 heteroatoms. The zero-order chi connectivity index (χ0) is 21.5. The van der Waals surface area contributed by atoms with Crippen LogP contribution >= 0.6 is 0 Å². The fourth-order valence-electron chi connectivity index (χ4n) is 3.37. The number of anilines is 1. The Labute approximate surface area is 178 Å². The number of hydrogen-bond acceptors (Lipinski definition) is 3. The van der Waals surface area contributed by atoms with E-state index in [2.05, 4.69) is 17.4 Å². The normalized spacial score (nSPS) is 10.6. The maximum atomic E-state index is 12.6. The Morgan fingerprint density at radius 2 is 1.60 bits per heavy atom. The number of amides is 2. The number of nitrogens with one attached hydrogen (secondary N) is 1. The fraction of sp³-hybridized carbons (Fsp3) is 0.280. The van der Waals surface area contributed by atoms with Crippen LogP contribution in [0.25, 0.3) is 10.8 Å². The van der Waals surface area contributed by atoms with Gasteiger partial charge < -0.3 is 15.1 Å². The van der Waals surface area contributed by atoms with Crippen molar-refractivity contribution in [3.63, 3.8) is 0 Å². The van der Waals surface area contributed by atoms with Crippen LogP contribution in [0.5, 0.6) is 0 Å². The van der Waals surface area contributed by atoms with Gasteiger partial charge in [-0.05, 0) is 47.5 Å². The Morgan fingerprint density at radius 3 is 2.27 bits per heavy atom. The number of nitrogens with zero attached hydrogens (tertiary/aromatic N) is 2. The summed E-state index contributed by atoms with van der Waals surface area (Å²) in [6.45, 7) is 3.49. The second-order valence-electron chi connectivity index (χ2n) is 7.54. The molecule has 2 amide bonds.